The number of rotatable bonds is 9. The highest BCUT2D eigenvalue weighted by atomic mass is 32.2. The lowest BCUT2D eigenvalue weighted by Gasteiger charge is -2.33. The van der Waals surface area contributed by atoms with Crippen LogP contribution in [0.15, 0.2) is 69.5 Å². The summed E-state index contributed by atoms with van der Waals surface area (Å²) in [6.07, 6.45) is 5.12. The molecule has 2 N–H and O–H groups in total. The molecule has 1 aliphatic rings. The number of hydrogen-bond donors (Lipinski definition) is 2. The molecule has 2 aromatic heterocycles. The van der Waals surface area contributed by atoms with Gasteiger partial charge in [-0.15, -0.1) is 11.3 Å². The van der Waals surface area contributed by atoms with Gasteiger partial charge in [0.25, 0.3) is 5.91 Å². The molecular formula is C23H27N3O4S2. The van der Waals surface area contributed by atoms with E-state index in [1.165, 1.54) is 29.9 Å². The molecule has 1 fully saturated rings. The molecule has 3 aromatic rings. The van der Waals surface area contributed by atoms with E-state index in [2.05, 4.69) is 14.9 Å². The van der Waals surface area contributed by atoms with E-state index in [0.29, 0.717) is 12.1 Å². The number of amides is 1. The first-order chi connectivity index (χ1) is 15.5. The van der Waals surface area contributed by atoms with Crippen molar-refractivity contribution in [2.24, 2.45) is 0 Å². The van der Waals surface area contributed by atoms with Gasteiger partial charge in [-0.05, 0) is 67.7 Å². The fourth-order valence-corrected chi connectivity index (χ4v) is 5.67. The average Bonchev–Trinajstić information content (AvgIpc) is 3.53. The minimum atomic E-state index is -3.72. The van der Waals surface area contributed by atoms with Crippen molar-refractivity contribution in [2.75, 3.05) is 19.6 Å². The third kappa shape index (κ3) is 5.66. The van der Waals surface area contributed by atoms with Gasteiger partial charge in [0.2, 0.25) is 10.0 Å². The van der Waals surface area contributed by atoms with E-state index in [0.717, 1.165) is 36.6 Å². The summed E-state index contributed by atoms with van der Waals surface area (Å²) in [5.74, 6) is 0.509. The van der Waals surface area contributed by atoms with E-state index in [4.69, 9.17) is 4.42 Å². The number of benzene rings is 1. The van der Waals surface area contributed by atoms with Crippen LogP contribution < -0.4 is 10.0 Å². The lowest BCUT2D eigenvalue weighted by molar-refractivity contribution is 0.0914. The van der Waals surface area contributed by atoms with Crippen LogP contribution in [0.2, 0.25) is 0 Å². The minimum absolute atomic E-state index is 0.0476. The summed E-state index contributed by atoms with van der Waals surface area (Å²) in [5.41, 5.74) is 0.306. The van der Waals surface area contributed by atoms with E-state index in [1.807, 2.05) is 29.6 Å². The van der Waals surface area contributed by atoms with E-state index >= 15 is 0 Å². The van der Waals surface area contributed by atoms with Gasteiger partial charge in [-0.2, -0.15) is 0 Å². The molecule has 0 saturated carbocycles. The van der Waals surface area contributed by atoms with Crippen LogP contribution in [-0.2, 0) is 16.6 Å². The number of sulfonamides is 1. The van der Waals surface area contributed by atoms with E-state index in [1.54, 1.807) is 18.4 Å². The molecule has 7 nitrogen and oxygen atoms in total. The molecule has 1 aromatic carbocycles. The van der Waals surface area contributed by atoms with Crippen LogP contribution in [0.3, 0.4) is 0 Å². The first kappa shape index (κ1) is 22.7. The zero-order valence-electron chi connectivity index (χ0n) is 17.7. The van der Waals surface area contributed by atoms with Crippen molar-refractivity contribution < 1.29 is 17.6 Å². The van der Waals surface area contributed by atoms with E-state index in [-0.39, 0.29) is 23.4 Å². The molecule has 0 aliphatic carbocycles. The van der Waals surface area contributed by atoms with Gasteiger partial charge in [-0.25, -0.2) is 13.1 Å². The van der Waals surface area contributed by atoms with Crippen molar-refractivity contribution in [2.45, 2.75) is 36.7 Å². The van der Waals surface area contributed by atoms with Gasteiger partial charge in [0.1, 0.15) is 5.76 Å². The van der Waals surface area contributed by atoms with Gasteiger partial charge >= 0.3 is 0 Å². The maximum atomic E-state index is 12.9. The number of thiophene rings is 1. The summed E-state index contributed by atoms with van der Waals surface area (Å²) in [4.78, 5) is 16.2. The van der Waals surface area contributed by atoms with Gasteiger partial charge in [-0.1, -0.05) is 18.6 Å². The first-order valence-electron chi connectivity index (χ1n) is 10.7. The maximum Gasteiger partial charge on any atom is 0.251 e. The summed E-state index contributed by atoms with van der Waals surface area (Å²) in [6.45, 7) is 2.53. The Morgan fingerprint density at radius 2 is 1.94 bits per heavy atom. The number of hydrogen-bond acceptors (Lipinski definition) is 6. The Morgan fingerprint density at radius 1 is 1.09 bits per heavy atom. The van der Waals surface area contributed by atoms with Crippen LogP contribution in [0, 0.1) is 0 Å². The molecule has 0 radical (unpaired) electrons. The van der Waals surface area contributed by atoms with Crippen LogP contribution in [0.4, 0.5) is 0 Å². The quantitative estimate of drug-likeness (QED) is 0.494. The Kier molecular flexibility index (Phi) is 7.41. The number of likely N-dealkylation sites (tertiary alicyclic amines) is 1. The van der Waals surface area contributed by atoms with Gasteiger partial charge in [0, 0.05) is 23.5 Å². The number of carbonyl (C=O) groups excluding carboxylic acids is 1. The molecule has 9 heteroatoms. The number of furan rings is 1. The highest BCUT2D eigenvalue weighted by Gasteiger charge is 2.25. The van der Waals surface area contributed by atoms with Crippen LogP contribution in [0.25, 0.3) is 0 Å². The van der Waals surface area contributed by atoms with E-state index in [9.17, 15) is 13.2 Å². The highest BCUT2D eigenvalue weighted by molar-refractivity contribution is 7.89. The zero-order valence-corrected chi connectivity index (χ0v) is 19.3. The number of piperidine rings is 1. The van der Waals surface area contributed by atoms with Crippen molar-refractivity contribution in [1.82, 2.24) is 14.9 Å². The van der Waals surface area contributed by atoms with Crippen molar-refractivity contribution in [3.63, 3.8) is 0 Å². The number of nitrogens with one attached hydrogen (secondary N) is 2. The molecule has 1 amide bonds. The van der Waals surface area contributed by atoms with Gasteiger partial charge in [0.15, 0.2) is 0 Å². The van der Waals surface area contributed by atoms with E-state index < -0.39 is 10.0 Å². The van der Waals surface area contributed by atoms with Crippen molar-refractivity contribution >= 4 is 27.3 Å². The Bertz CT molecular complexity index is 1110. The van der Waals surface area contributed by atoms with Crippen LogP contribution in [0.5, 0.6) is 0 Å². The van der Waals surface area contributed by atoms with Crippen molar-refractivity contribution in [3.05, 3.63) is 76.4 Å². The Labute approximate surface area is 192 Å². The lowest BCUT2D eigenvalue weighted by atomic mass is 10.1. The number of nitrogens with zero attached hydrogens (tertiary/aromatic N) is 1. The third-order valence-corrected chi connectivity index (χ3v) is 7.86. The lowest BCUT2D eigenvalue weighted by Crippen LogP contribution is -2.40. The second-order valence-electron chi connectivity index (χ2n) is 7.77. The standard InChI is InChI=1S/C23H27N3O4S2/c27-23(24-17-21(22-10-5-13-30-22)26-11-2-1-3-12-26)18-7-4-9-20(15-18)32(28,29)25-16-19-8-6-14-31-19/h4-10,13-15,21,25H,1-3,11-12,16-17H2,(H,24,27). The molecule has 3 heterocycles. The molecule has 1 atom stereocenters. The molecule has 1 saturated heterocycles. The van der Waals surface area contributed by atoms with Gasteiger partial charge < -0.3 is 9.73 Å². The second kappa shape index (κ2) is 10.4. The number of carbonyl (C=O) groups is 1. The van der Waals surface area contributed by atoms with Crippen LogP contribution in [0.1, 0.15) is 46.3 Å². The van der Waals surface area contributed by atoms with Crippen molar-refractivity contribution in [1.29, 1.82) is 0 Å². The smallest absolute Gasteiger partial charge is 0.251 e. The SMILES string of the molecule is O=C(NCC(c1ccco1)N1CCCCC1)c1cccc(S(=O)(=O)NCc2cccs2)c1. The zero-order chi connectivity index (χ0) is 22.4. The monoisotopic (exact) mass is 473 g/mol. The Balaban J connectivity index is 1.42. The first-order valence-corrected chi connectivity index (χ1v) is 13.1. The molecule has 4 rings (SSSR count). The van der Waals surface area contributed by atoms with Crippen LogP contribution in [-0.4, -0.2) is 38.9 Å². The molecule has 1 unspecified atom stereocenters. The third-order valence-electron chi connectivity index (χ3n) is 5.58. The van der Waals surface area contributed by atoms with Crippen molar-refractivity contribution in [3.8, 4) is 0 Å². The van der Waals surface area contributed by atoms with Gasteiger partial charge in [0.05, 0.1) is 17.2 Å². The summed E-state index contributed by atoms with van der Waals surface area (Å²) >= 11 is 1.48. The Hall–Kier alpha value is -2.46. The predicted octanol–water partition coefficient (Wildman–Crippen LogP) is 3.78. The highest BCUT2D eigenvalue weighted by Crippen LogP contribution is 2.24. The fraction of sp³-hybridized carbons (Fsp3) is 0.348. The van der Waals surface area contributed by atoms with Gasteiger partial charge in [-0.3, -0.25) is 9.69 Å². The summed E-state index contributed by atoms with van der Waals surface area (Å²) < 4.78 is 33.6. The molecule has 0 bridgehead atoms. The minimum Gasteiger partial charge on any atom is -0.468 e. The molecular weight excluding hydrogens is 446 g/mol. The topological polar surface area (TPSA) is 91.7 Å². The predicted molar refractivity (Wildman–Crippen MR) is 124 cm³/mol. The normalized spacial score (nSPS) is 16.0. The summed E-state index contributed by atoms with van der Waals surface area (Å²) in [7, 11) is -3.72. The molecule has 1 aliphatic heterocycles. The maximum absolute atomic E-state index is 12.9. The fourth-order valence-electron chi connectivity index (χ4n) is 3.88. The van der Waals surface area contributed by atoms with Crippen LogP contribution >= 0.6 is 11.3 Å². The largest absolute Gasteiger partial charge is 0.468 e. The Morgan fingerprint density at radius 3 is 2.66 bits per heavy atom. The molecule has 32 heavy (non-hydrogen) atoms. The summed E-state index contributed by atoms with van der Waals surface area (Å²) in [5, 5.41) is 4.86. The average molecular weight is 474 g/mol. The molecule has 170 valence electrons. The summed E-state index contributed by atoms with van der Waals surface area (Å²) in [6, 6.07) is 13.6. The molecule has 0 spiro atoms. The second-order valence-corrected chi connectivity index (χ2v) is 10.6.